The van der Waals surface area contributed by atoms with Crippen molar-refractivity contribution >= 4 is 5.69 Å². The second-order valence-electron chi connectivity index (χ2n) is 5.66. The van der Waals surface area contributed by atoms with Gasteiger partial charge in [-0.3, -0.25) is 0 Å². The van der Waals surface area contributed by atoms with Crippen molar-refractivity contribution in [1.29, 1.82) is 0 Å². The molecule has 0 atom stereocenters. The number of hydrogen-bond donors (Lipinski definition) is 1. The first-order valence-corrected chi connectivity index (χ1v) is 7.37. The van der Waals surface area contributed by atoms with Gasteiger partial charge < -0.3 is 19.7 Å². The number of aryl methyl sites for hydroxylation is 1. The third kappa shape index (κ3) is 4.69. The Kier molecular flexibility index (Phi) is 5.68. The monoisotopic (exact) mass is 278 g/mol. The van der Waals surface area contributed by atoms with E-state index in [1.165, 1.54) is 11.3 Å². The van der Waals surface area contributed by atoms with Crippen molar-refractivity contribution in [2.45, 2.75) is 25.8 Å². The van der Waals surface area contributed by atoms with Crippen LogP contribution < -0.4 is 10.1 Å². The number of hydrogen-bond acceptors (Lipinski definition) is 4. The lowest BCUT2D eigenvalue weighted by Gasteiger charge is -2.25. The molecule has 1 aliphatic rings. The topological polar surface area (TPSA) is 33.7 Å². The van der Waals surface area contributed by atoms with Crippen molar-refractivity contribution in [3.63, 3.8) is 0 Å². The molecule has 1 saturated heterocycles. The molecular weight excluding hydrogens is 252 g/mol. The first-order chi connectivity index (χ1) is 9.65. The minimum Gasteiger partial charge on any atom is -0.492 e. The molecule has 1 heterocycles. The molecule has 1 aromatic rings. The summed E-state index contributed by atoms with van der Waals surface area (Å²) in [5.41, 5.74) is 2.44. The van der Waals surface area contributed by atoms with E-state index in [0.717, 1.165) is 38.3 Å². The van der Waals surface area contributed by atoms with Gasteiger partial charge in [0.2, 0.25) is 0 Å². The van der Waals surface area contributed by atoms with E-state index in [9.17, 15) is 0 Å². The van der Waals surface area contributed by atoms with Gasteiger partial charge in [0.25, 0.3) is 0 Å². The van der Waals surface area contributed by atoms with Crippen LogP contribution in [0.25, 0.3) is 0 Å². The number of nitrogens with one attached hydrogen (secondary N) is 1. The summed E-state index contributed by atoms with van der Waals surface area (Å²) in [7, 11) is 4.10. The van der Waals surface area contributed by atoms with E-state index in [2.05, 4.69) is 43.4 Å². The standard InChI is InChI=1S/C16H26N2O2/c1-13-4-5-15(20-11-8-18(2)3)12-16(13)17-14-6-9-19-10-7-14/h4-5,12,14,17H,6-11H2,1-3H3. The maximum atomic E-state index is 5.80. The maximum absolute atomic E-state index is 5.80. The summed E-state index contributed by atoms with van der Waals surface area (Å²) in [5, 5.41) is 3.62. The number of nitrogens with zero attached hydrogens (tertiary/aromatic N) is 1. The van der Waals surface area contributed by atoms with Crippen LogP contribution in [0, 0.1) is 6.92 Å². The largest absolute Gasteiger partial charge is 0.492 e. The lowest BCUT2D eigenvalue weighted by atomic mass is 10.1. The van der Waals surface area contributed by atoms with Gasteiger partial charge in [0.15, 0.2) is 0 Å². The Hall–Kier alpha value is -1.26. The number of anilines is 1. The zero-order valence-corrected chi connectivity index (χ0v) is 12.8. The Morgan fingerprint density at radius 2 is 2.05 bits per heavy atom. The van der Waals surface area contributed by atoms with E-state index in [-0.39, 0.29) is 0 Å². The first-order valence-electron chi connectivity index (χ1n) is 7.37. The molecule has 2 rings (SSSR count). The van der Waals surface area contributed by atoms with Crippen LogP contribution in [0.2, 0.25) is 0 Å². The van der Waals surface area contributed by atoms with Gasteiger partial charge in [0.1, 0.15) is 12.4 Å². The second-order valence-corrected chi connectivity index (χ2v) is 5.66. The fourth-order valence-electron chi connectivity index (χ4n) is 2.25. The average molecular weight is 278 g/mol. The van der Waals surface area contributed by atoms with Crippen LogP contribution in [-0.4, -0.2) is 51.4 Å². The Bertz CT molecular complexity index is 415. The zero-order chi connectivity index (χ0) is 14.4. The minimum atomic E-state index is 0.513. The molecule has 1 fully saturated rings. The molecule has 1 aromatic carbocycles. The smallest absolute Gasteiger partial charge is 0.121 e. The van der Waals surface area contributed by atoms with E-state index in [4.69, 9.17) is 9.47 Å². The molecule has 0 saturated carbocycles. The SMILES string of the molecule is Cc1ccc(OCCN(C)C)cc1NC1CCOCC1. The first kappa shape index (κ1) is 15.1. The average Bonchev–Trinajstić information content (AvgIpc) is 2.43. The molecule has 0 spiro atoms. The Balaban J connectivity index is 1.93. The Morgan fingerprint density at radius 3 is 2.75 bits per heavy atom. The third-order valence-electron chi connectivity index (χ3n) is 3.60. The number of ether oxygens (including phenoxy) is 2. The maximum Gasteiger partial charge on any atom is 0.121 e. The molecule has 0 unspecified atom stereocenters. The lowest BCUT2D eigenvalue weighted by Crippen LogP contribution is -2.28. The molecule has 20 heavy (non-hydrogen) atoms. The summed E-state index contributed by atoms with van der Waals surface area (Å²) in [4.78, 5) is 2.12. The van der Waals surface area contributed by atoms with E-state index >= 15 is 0 Å². The van der Waals surface area contributed by atoms with Crippen LogP contribution in [0.15, 0.2) is 18.2 Å². The van der Waals surface area contributed by atoms with Crippen LogP contribution in [0.4, 0.5) is 5.69 Å². The van der Waals surface area contributed by atoms with Crippen molar-refractivity contribution in [1.82, 2.24) is 4.90 Å². The highest BCUT2D eigenvalue weighted by Crippen LogP contribution is 2.24. The van der Waals surface area contributed by atoms with Gasteiger partial charge in [-0.25, -0.2) is 0 Å². The van der Waals surface area contributed by atoms with Crippen molar-refractivity contribution in [3.05, 3.63) is 23.8 Å². The summed E-state index contributed by atoms with van der Waals surface area (Å²) in [6.07, 6.45) is 2.15. The quantitative estimate of drug-likeness (QED) is 0.867. The van der Waals surface area contributed by atoms with Crippen molar-refractivity contribution < 1.29 is 9.47 Å². The predicted octanol–water partition coefficient (Wildman–Crippen LogP) is 2.53. The molecule has 4 heteroatoms. The van der Waals surface area contributed by atoms with E-state index in [0.29, 0.717) is 12.6 Å². The highest BCUT2D eigenvalue weighted by atomic mass is 16.5. The highest BCUT2D eigenvalue weighted by Gasteiger charge is 2.14. The van der Waals surface area contributed by atoms with Crippen LogP contribution in [-0.2, 0) is 4.74 Å². The predicted molar refractivity (Wildman–Crippen MR) is 82.7 cm³/mol. The summed E-state index contributed by atoms with van der Waals surface area (Å²) in [5.74, 6) is 0.937. The molecule has 0 amide bonds. The molecule has 0 aromatic heterocycles. The Morgan fingerprint density at radius 1 is 1.30 bits per heavy atom. The molecule has 0 radical (unpaired) electrons. The molecule has 1 aliphatic heterocycles. The summed E-state index contributed by atoms with van der Waals surface area (Å²) >= 11 is 0. The second kappa shape index (κ2) is 7.50. The van der Waals surface area contributed by atoms with E-state index in [1.807, 2.05) is 6.07 Å². The number of rotatable bonds is 6. The summed E-state index contributed by atoms with van der Waals surface area (Å²) < 4.78 is 11.2. The van der Waals surface area contributed by atoms with Gasteiger partial charge in [-0.2, -0.15) is 0 Å². The third-order valence-corrected chi connectivity index (χ3v) is 3.60. The molecular formula is C16H26N2O2. The van der Waals surface area contributed by atoms with Crippen molar-refractivity contribution in [2.24, 2.45) is 0 Å². The molecule has 0 aliphatic carbocycles. The zero-order valence-electron chi connectivity index (χ0n) is 12.8. The van der Waals surface area contributed by atoms with Gasteiger partial charge in [-0.15, -0.1) is 0 Å². The Labute approximate surface area is 122 Å². The number of likely N-dealkylation sites (N-methyl/N-ethyl adjacent to an activating group) is 1. The minimum absolute atomic E-state index is 0.513. The van der Waals surface area contributed by atoms with Crippen LogP contribution >= 0.6 is 0 Å². The van der Waals surface area contributed by atoms with Gasteiger partial charge >= 0.3 is 0 Å². The van der Waals surface area contributed by atoms with Crippen LogP contribution in [0.5, 0.6) is 5.75 Å². The van der Waals surface area contributed by atoms with Gasteiger partial charge in [-0.05, 0) is 45.5 Å². The van der Waals surface area contributed by atoms with E-state index < -0.39 is 0 Å². The van der Waals surface area contributed by atoms with Crippen molar-refractivity contribution in [3.8, 4) is 5.75 Å². The molecule has 4 nitrogen and oxygen atoms in total. The summed E-state index contributed by atoms with van der Waals surface area (Å²) in [6, 6.07) is 6.78. The summed E-state index contributed by atoms with van der Waals surface area (Å²) in [6.45, 7) is 5.49. The van der Waals surface area contributed by atoms with Gasteiger partial charge in [0, 0.05) is 37.6 Å². The fraction of sp³-hybridized carbons (Fsp3) is 0.625. The molecule has 112 valence electrons. The lowest BCUT2D eigenvalue weighted by molar-refractivity contribution is 0.0904. The fourth-order valence-corrected chi connectivity index (χ4v) is 2.25. The number of benzene rings is 1. The van der Waals surface area contributed by atoms with Gasteiger partial charge in [0.05, 0.1) is 0 Å². The van der Waals surface area contributed by atoms with Gasteiger partial charge in [-0.1, -0.05) is 6.07 Å². The van der Waals surface area contributed by atoms with Crippen LogP contribution in [0.1, 0.15) is 18.4 Å². The molecule has 1 N–H and O–H groups in total. The highest BCUT2D eigenvalue weighted by molar-refractivity contribution is 5.55. The van der Waals surface area contributed by atoms with Crippen molar-refractivity contribution in [2.75, 3.05) is 45.8 Å². The normalized spacial score (nSPS) is 16.4. The molecule has 0 bridgehead atoms. The van der Waals surface area contributed by atoms with Crippen LogP contribution in [0.3, 0.4) is 0 Å². The van der Waals surface area contributed by atoms with E-state index in [1.54, 1.807) is 0 Å².